The Bertz CT molecular complexity index is 716. The molecular formula is C14H14F2N4O3. The minimum atomic E-state index is -0.889. The quantitative estimate of drug-likeness (QED) is 0.651. The molecule has 1 amide bonds. The summed E-state index contributed by atoms with van der Waals surface area (Å²) in [5, 5.41) is 13.1. The molecule has 0 atom stereocenters. The van der Waals surface area contributed by atoms with Crippen molar-refractivity contribution < 1.29 is 22.8 Å². The van der Waals surface area contributed by atoms with E-state index >= 15 is 0 Å². The number of aromatic nitrogens is 2. The van der Waals surface area contributed by atoms with E-state index in [0.29, 0.717) is 12.0 Å². The SMILES string of the molecule is CC(C)c1nnc(CO/N=C/C(=O)Nc2ccc(F)cc2F)o1. The second-order valence-electron chi connectivity index (χ2n) is 4.81. The predicted molar refractivity (Wildman–Crippen MR) is 76.7 cm³/mol. The number of rotatable bonds is 6. The second kappa shape index (κ2) is 7.43. The van der Waals surface area contributed by atoms with Gasteiger partial charge in [0.05, 0.1) is 5.69 Å². The zero-order valence-electron chi connectivity index (χ0n) is 12.4. The lowest BCUT2D eigenvalue weighted by Gasteiger charge is -2.02. The van der Waals surface area contributed by atoms with Gasteiger partial charge in [0, 0.05) is 12.0 Å². The van der Waals surface area contributed by atoms with Gasteiger partial charge in [-0.3, -0.25) is 4.79 Å². The van der Waals surface area contributed by atoms with Crippen LogP contribution >= 0.6 is 0 Å². The van der Waals surface area contributed by atoms with Crippen LogP contribution < -0.4 is 5.32 Å². The van der Waals surface area contributed by atoms with E-state index in [4.69, 9.17) is 9.25 Å². The van der Waals surface area contributed by atoms with E-state index in [-0.39, 0.29) is 24.1 Å². The second-order valence-corrected chi connectivity index (χ2v) is 4.81. The first kappa shape index (κ1) is 16.5. The Hall–Kier alpha value is -2.84. The highest BCUT2D eigenvalue weighted by atomic mass is 19.1. The molecule has 1 heterocycles. The van der Waals surface area contributed by atoms with Gasteiger partial charge in [0.1, 0.15) is 17.8 Å². The topological polar surface area (TPSA) is 89.6 Å². The van der Waals surface area contributed by atoms with Gasteiger partial charge >= 0.3 is 0 Å². The average molecular weight is 324 g/mol. The van der Waals surface area contributed by atoms with Crippen molar-refractivity contribution >= 4 is 17.8 Å². The molecule has 0 aliphatic carbocycles. The number of nitrogens with one attached hydrogen (secondary N) is 1. The van der Waals surface area contributed by atoms with E-state index in [2.05, 4.69) is 20.7 Å². The Morgan fingerprint density at radius 1 is 1.43 bits per heavy atom. The number of carbonyl (C=O) groups excluding carboxylic acids is 1. The van der Waals surface area contributed by atoms with Crippen molar-refractivity contribution in [1.29, 1.82) is 0 Å². The number of benzene rings is 1. The first-order valence-electron chi connectivity index (χ1n) is 6.69. The maximum Gasteiger partial charge on any atom is 0.270 e. The summed E-state index contributed by atoms with van der Waals surface area (Å²) < 4.78 is 31.3. The lowest BCUT2D eigenvalue weighted by atomic mass is 10.2. The lowest BCUT2D eigenvalue weighted by Crippen LogP contribution is -2.14. The molecule has 0 aliphatic heterocycles. The van der Waals surface area contributed by atoms with Gasteiger partial charge in [-0.05, 0) is 12.1 Å². The molecule has 0 saturated carbocycles. The van der Waals surface area contributed by atoms with E-state index in [1.165, 1.54) is 0 Å². The largest absolute Gasteiger partial charge is 0.421 e. The summed E-state index contributed by atoms with van der Waals surface area (Å²) in [6, 6.07) is 2.78. The molecule has 0 aliphatic rings. The molecule has 0 radical (unpaired) electrons. The summed E-state index contributed by atoms with van der Waals surface area (Å²) in [4.78, 5) is 16.3. The third-order valence-corrected chi connectivity index (χ3v) is 2.60. The molecule has 1 N–H and O–H groups in total. The molecule has 1 aromatic carbocycles. The number of amides is 1. The fraction of sp³-hybridized carbons (Fsp3) is 0.286. The fourth-order valence-electron chi connectivity index (χ4n) is 1.49. The van der Waals surface area contributed by atoms with Crippen molar-refractivity contribution in [3.63, 3.8) is 0 Å². The molecule has 2 rings (SSSR count). The summed E-state index contributed by atoms with van der Waals surface area (Å²) in [6.07, 6.45) is 0.808. The van der Waals surface area contributed by atoms with Crippen LogP contribution in [0.15, 0.2) is 27.8 Å². The zero-order chi connectivity index (χ0) is 16.8. The minimum Gasteiger partial charge on any atom is -0.421 e. The van der Waals surface area contributed by atoms with E-state index in [0.717, 1.165) is 18.3 Å². The van der Waals surface area contributed by atoms with Crippen LogP contribution in [0.1, 0.15) is 31.5 Å². The Balaban J connectivity index is 1.81. The standard InChI is InChI=1S/C14H14F2N4O3/c1-8(2)14-20-19-13(23-14)7-22-17-6-12(21)18-11-4-3-9(15)5-10(11)16/h3-6,8H,7H2,1-2H3,(H,18,21)/b17-6+. The number of oxime groups is 1. The smallest absolute Gasteiger partial charge is 0.270 e. The van der Waals surface area contributed by atoms with Crippen LogP contribution in [0.4, 0.5) is 14.5 Å². The van der Waals surface area contributed by atoms with E-state index < -0.39 is 17.5 Å². The molecular weight excluding hydrogens is 310 g/mol. The Morgan fingerprint density at radius 2 is 2.22 bits per heavy atom. The van der Waals surface area contributed by atoms with Crippen LogP contribution in [-0.2, 0) is 16.2 Å². The number of nitrogens with zero attached hydrogens (tertiary/aromatic N) is 3. The van der Waals surface area contributed by atoms with Gasteiger partial charge in [-0.25, -0.2) is 8.78 Å². The van der Waals surface area contributed by atoms with Crippen molar-refractivity contribution in [1.82, 2.24) is 10.2 Å². The molecule has 23 heavy (non-hydrogen) atoms. The van der Waals surface area contributed by atoms with E-state index in [1.807, 2.05) is 13.8 Å². The number of hydrogen-bond donors (Lipinski definition) is 1. The molecule has 9 heteroatoms. The summed E-state index contributed by atoms with van der Waals surface area (Å²) in [5.41, 5.74) is -0.165. The Morgan fingerprint density at radius 3 is 2.87 bits per heavy atom. The maximum absolute atomic E-state index is 13.3. The van der Waals surface area contributed by atoms with Gasteiger partial charge in [0.15, 0.2) is 6.61 Å². The van der Waals surface area contributed by atoms with Gasteiger partial charge in [-0.15, -0.1) is 10.2 Å². The van der Waals surface area contributed by atoms with Gasteiger partial charge in [-0.1, -0.05) is 19.0 Å². The number of carbonyl (C=O) groups is 1. The molecule has 122 valence electrons. The van der Waals surface area contributed by atoms with Crippen LogP contribution in [0, 0.1) is 11.6 Å². The third kappa shape index (κ3) is 4.83. The monoisotopic (exact) mass is 324 g/mol. The highest BCUT2D eigenvalue weighted by molar-refractivity contribution is 6.31. The average Bonchev–Trinajstić information content (AvgIpc) is 2.96. The first-order valence-corrected chi connectivity index (χ1v) is 6.69. The molecule has 1 aromatic heterocycles. The molecule has 0 bridgehead atoms. The van der Waals surface area contributed by atoms with Crippen molar-refractivity contribution in [2.45, 2.75) is 26.4 Å². The zero-order valence-corrected chi connectivity index (χ0v) is 12.4. The van der Waals surface area contributed by atoms with Gasteiger partial charge in [-0.2, -0.15) is 0 Å². The number of anilines is 1. The molecule has 0 spiro atoms. The maximum atomic E-state index is 13.3. The molecule has 0 unspecified atom stereocenters. The normalized spacial score (nSPS) is 11.2. The van der Waals surface area contributed by atoms with Crippen molar-refractivity contribution in [2.75, 3.05) is 5.32 Å². The van der Waals surface area contributed by atoms with E-state index in [1.54, 1.807) is 0 Å². The Kier molecular flexibility index (Phi) is 5.34. The molecule has 0 saturated heterocycles. The molecule has 0 fully saturated rings. The van der Waals surface area contributed by atoms with Crippen LogP contribution in [0.3, 0.4) is 0 Å². The number of hydrogen-bond acceptors (Lipinski definition) is 6. The van der Waals surface area contributed by atoms with Crippen molar-refractivity contribution in [2.24, 2.45) is 5.16 Å². The number of halogens is 2. The molecule has 2 aromatic rings. The fourth-order valence-corrected chi connectivity index (χ4v) is 1.49. The van der Waals surface area contributed by atoms with Crippen LogP contribution in [-0.4, -0.2) is 22.3 Å². The third-order valence-electron chi connectivity index (χ3n) is 2.60. The first-order chi connectivity index (χ1) is 11.0. The Labute approximate surface area is 130 Å². The predicted octanol–water partition coefficient (Wildman–Crippen LogP) is 2.61. The van der Waals surface area contributed by atoms with Gasteiger partial charge < -0.3 is 14.6 Å². The summed E-state index contributed by atoms with van der Waals surface area (Å²) in [7, 11) is 0. The molecule has 7 nitrogen and oxygen atoms in total. The minimum absolute atomic E-state index is 0.0936. The highest BCUT2D eigenvalue weighted by Gasteiger charge is 2.10. The highest BCUT2D eigenvalue weighted by Crippen LogP contribution is 2.14. The lowest BCUT2D eigenvalue weighted by molar-refractivity contribution is -0.110. The van der Waals surface area contributed by atoms with Crippen LogP contribution in [0.2, 0.25) is 0 Å². The van der Waals surface area contributed by atoms with E-state index in [9.17, 15) is 13.6 Å². The van der Waals surface area contributed by atoms with Crippen LogP contribution in [0.5, 0.6) is 0 Å². The van der Waals surface area contributed by atoms with Crippen LogP contribution in [0.25, 0.3) is 0 Å². The summed E-state index contributed by atoms with van der Waals surface area (Å²) in [6.45, 7) is 3.69. The summed E-state index contributed by atoms with van der Waals surface area (Å²) >= 11 is 0. The van der Waals surface area contributed by atoms with Gasteiger partial charge in [0.25, 0.3) is 11.8 Å². The summed E-state index contributed by atoms with van der Waals surface area (Å²) in [5.74, 6) is -1.58. The van der Waals surface area contributed by atoms with Crippen molar-refractivity contribution in [3.05, 3.63) is 41.6 Å². The van der Waals surface area contributed by atoms with Crippen molar-refractivity contribution in [3.8, 4) is 0 Å². The van der Waals surface area contributed by atoms with Gasteiger partial charge in [0.2, 0.25) is 5.89 Å².